The molecule has 1 saturated carbocycles. The molecule has 38 heavy (non-hydrogen) atoms. The summed E-state index contributed by atoms with van der Waals surface area (Å²) in [7, 11) is 0. The first-order valence-electron chi connectivity index (χ1n) is 13.8. The zero-order valence-corrected chi connectivity index (χ0v) is 23.5. The van der Waals surface area contributed by atoms with Gasteiger partial charge in [0.2, 0.25) is 5.91 Å². The molecule has 0 radical (unpaired) electrons. The minimum atomic E-state index is -1.33. The fraction of sp³-hybridized carbons (Fsp3) is 0.690. The molecule has 0 spiro atoms. The minimum absolute atomic E-state index is 0.134. The summed E-state index contributed by atoms with van der Waals surface area (Å²) < 4.78 is 5.37. The van der Waals surface area contributed by atoms with Gasteiger partial charge in [-0.05, 0) is 57.6 Å². The Morgan fingerprint density at radius 2 is 1.63 bits per heavy atom. The first-order chi connectivity index (χ1) is 17.9. The maximum absolute atomic E-state index is 13.0. The van der Waals surface area contributed by atoms with Crippen LogP contribution in [0.5, 0.6) is 0 Å². The largest absolute Gasteiger partial charge is 0.444 e. The molecule has 214 valence electrons. The second kappa shape index (κ2) is 15.1. The maximum atomic E-state index is 13.0. The highest BCUT2D eigenvalue weighted by atomic mass is 16.6. The molecule has 0 heterocycles. The highest BCUT2D eigenvalue weighted by Gasteiger charge is 2.33. The average Bonchev–Trinajstić information content (AvgIpc) is 2.85. The van der Waals surface area contributed by atoms with Crippen LogP contribution in [0.2, 0.25) is 0 Å². The van der Waals surface area contributed by atoms with Gasteiger partial charge in [-0.3, -0.25) is 9.59 Å². The number of hydrogen-bond donors (Lipinski definition) is 5. The molecular formula is C29H47N3O6. The quantitative estimate of drug-likeness (QED) is 0.279. The van der Waals surface area contributed by atoms with Crippen molar-refractivity contribution in [2.45, 2.75) is 109 Å². The van der Waals surface area contributed by atoms with E-state index in [9.17, 15) is 24.6 Å². The molecule has 0 aliphatic heterocycles. The van der Waals surface area contributed by atoms with E-state index >= 15 is 0 Å². The molecule has 5 N–H and O–H groups in total. The number of amides is 3. The number of carbonyl (C=O) groups excluding carboxylic acids is 3. The van der Waals surface area contributed by atoms with Gasteiger partial charge in [0.05, 0.1) is 12.1 Å². The van der Waals surface area contributed by atoms with Crippen molar-refractivity contribution in [2.24, 2.45) is 11.8 Å². The molecule has 0 aromatic heterocycles. The number of hydrogen-bond acceptors (Lipinski definition) is 6. The van der Waals surface area contributed by atoms with Crippen LogP contribution in [0, 0.1) is 11.8 Å². The van der Waals surface area contributed by atoms with Crippen LogP contribution in [0.4, 0.5) is 4.79 Å². The zero-order chi connectivity index (χ0) is 28.3. The smallest absolute Gasteiger partial charge is 0.407 e. The number of nitrogens with one attached hydrogen (secondary N) is 3. The molecule has 4 unspecified atom stereocenters. The second-order valence-electron chi connectivity index (χ2n) is 11.8. The Bertz CT molecular complexity index is 880. The van der Waals surface area contributed by atoms with E-state index < -0.39 is 41.9 Å². The molecular weight excluding hydrogens is 486 g/mol. The van der Waals surface area contributed by atoms with E-state index in [0.29, 0.717) is 24.3 Å². The monoisotopic (exact) mass is 533 g/mol. The van der Waals surface area contributed by atoms with Gasteiger partial charge in [-0.2, -0.15) is 0 Å². The van der Waals surface area contributed by atoms with E-state index in [4.69, 9.17) is 4.74 Å². The SMILES string of the molecule is CC(C)CC(NC(=O)c1ccccc1)C(=O)NCC(O)C(O)C(CC1CCCCC1)NC(=O)OC(C)(C)C. The Hall–Kier alpha value is -2.65. The van der Waals surface area contributed by atoms with Gasteiger partial charge in [0.1, 0.15) is 17.7 Å². The third-order valence-corrected chi connectivity index (χ3v) is 6.67. The van der Waals surface area contributed by atoms with Crippen LogP contribution in [0.25, 0.3) is 0 Å². The van der Waals surface area contributed by atoms with Gasteiger partial charge >= 0.3 is 6.09 Å². The average molecular weight is 534 g/mol. The Morgan fingerprint density at radius 3 is 2.21 bits per heavy atom. The van der Waals surface area contributed by atoms with Crippen LogP contribution < -0.4 is 16.0 Å². The van der Waals surface area contributed by atoms with Crippen LogP contribution in [0.15, 0.2) is 30.3 Å². The molecule has 0 bridgehead atoms. The summed E-state index contributed by atoms with van der Waals surface area (Å²) in [5.41, 5.74) is -0.254. The van der Waals surface area contributed by atoms with E-state index in [1.165, 1.54) is 6.42 Å². The number of benzene rings is 1. The van der Waals surface area contributed by atoms with Crippen LogP contribution in [-0.4, -0.2) is 64.6 Å². The molecule has 9 heteroatoms. The molecule has 9 nitrogen and oxygen atoms in total. The Morgan fingerprint density at radius 1 is 1.00 bits per heavy atom. The van der Waals surface area contributed by atoms with E-state index in [1.807, 2.05) is 13.8 Å². The van der Waals surface area contributed by atoms with Crippen molar-refractivity contribution in [1.29, 1.82) is 0 Å². The van der Waals surface area contributed by atoms with Crippen LogP contribution in [0.3, 0.4) is 0 Å². The summed E-state index contributed by atoms with van der Waals surface area (Å²) in [6.45, 7) is 8.94. The molecule has 1 aliphatic rings. The van der Waals surface area contributed by atoms with Crippen LogP contribution in [0.1, 0.15) is 89.9 Å². The summed E-state index contributed by atoms with van der Waals surface area (Å²) in [6.07, 6.45) is 3.01. The first kappa shape index (κ1) is 31.6. The predicted octanol–water partition coefficient (Wildman–Crippen LogP) is 3.53. The lowest BCUT2D eigenvalue weighted by Crippen LogP contribution is -2.54. The highest BCUT2D eigenvalue weighted by Crippen LogP contribution is 2.28. The minimum Gasteiger partial charge on any atom is -0.444 e. The Balaban J connectivity index is 2.02. The van der Waals surface area contributed by atoms with Gasteiger partial charge in [0.25, 0.3) is 5.91 Å². The lowest BCUT2D eigenvalue weighted by atomic mass is 9.83. The third-order valence-electron chi connectivity index (χ3n) is 6.67. The number of carbonyl (C=O) groups is 3. The fourth-order valence-electron chi connectivity index (χ4n) is 4.78. The molecule has 4 atom stereocenters. The number of aliphatic hydroxyl groups excluding tert-OH is 2. The zero-order valence-electron chi connectivity index (χ0n) is 23.5. The Kier molecular flexibility index (Phi) is 12.5. The van der Waals surface area contributed by atoms with Gasteiger partial charge in [0.15, 0.2) is 0 Å². The molecule has 1 aromatic rings. The summed E-state index contributed by atoms with van der Waals surface area (Å²) in [6, 6.07) is 7.11. The topological polar surface area (TPSA) is 137 Å². The number of alkyl carbamates (subject to hydrolysis) is 1. The standard InChI is InChI=1S/C29H47N3O6/c1-19(2)16-23(31-26(35)21-14-10-7-11-15-21)27(36)30-18-24(33)25(34)22(17-20-12-8-6-9-13-20)32-28(37)38-29(3,4)5/h7,10-11,14-15,19-20,22-25,33-34H,6,8-9,12-13,16-18H2,1-5H3,(H,30,36)(H,31,35)(H,32,37). The fourth-order valence-corrected chi connectivity index (χ4v) is 4.78. The second-order valence-corrected chi connectivity index (χ2v) is 11.8. The van der Waals surface area contributed by atoms with E-state index in [2.05, 4.69) is 16.0 Å². The van der Waals surface area contributed by atoms with Crippen molar-refractivity contribution in [1.82, 2.24) is 16.0 Å². The first-order valence-corrected chi connectivity index (χ1v) is 13.8. The van der Waals surface area contributed by atoms with Crippen molar-refractivity contribution >= 4 is 17.9 Å². The molecule has 0 saturated heterocycles. The van der Waals surface area contributed by atoms with E-state index in [0.717, 1.165) is 25.7 Å². The summed E-state index contributed by atoms with van der Waals surface area (Å²) in [4.78, 5) is 38.1. The Labute approximate surface area is 227 Å². The molecule has 1 fully saturated rings. The summed E-state index contributed by atoms with van der Waals surface area (Å²) in [5.74, 6) is -0.349. The molecule has 2 rings (SSSR count). The van der Waals surface area contributed by atoms with Gasteiger partial charge in [-0.25, -0.2) is 4.79 Å². The van der Waals surface area contributed by atoms with Gasteiger partial charge in [0, 0.05) is 12.1 Å². The summed E-state index contributed by atoms with van der Waals surface area (Å²) >= 11 is 0. The molecule has 1 aliphatic carbocycles. The van der Waals surface area contributed by atoms with E-state index in [1.54, 1.807) is 51.1 Å². The highest BCUT2D eigenvalue weighted by molar-refractivity contribution is 5.97. The number of ether oxygens (including phenoxy) is 1. The van der Waals surface area contributed by atoms with Gasteiger partial charge < -0.3 is 30.9 Å². The maximum Gasteiger partial charge on any atom is 0.407 e. The van der Waals surface area contributed by atoms with Crippen molar-refractivity contribution in [3.05, 3.63) is 35.9 Å². The van der Waals surface area contributed by atoms with Crippen molar-refractivity contribution in [3.8, 4) is 0 Å². The molecule has 3 amide bonds. The number of rotatable bonds is 12. The third kappa shape index (κ3) is 11.4. The lowest BCUT2D eigenvalue weighted by molar-refractivity contribution is -0.124. The van der Waals surface area contributed by atoms with Crippen molar-refractivity contribution in [3.63, 3.8) is 0 Å². The lowest BCUT2D eigenvalue weighted by Gasteiger charge is -2.33. The molecule has 1 aromatic carbocycles. The van der Waals surface area contributed by atoms with Gasteiger partial charge in [-0.15, -0.1) is 0 Å². The van der Waals surface area contributed by atoms with Gasteiger partial charge in [-0.1, -0.05) is 64.2 Å². The van der Waals surface area contributed by atoms with Crippen molar-refractivity contribution in [2.75, 3.05) is 6.54 Å². The van der Waals surface area contributed by atoms with Crippen LogP contribution in [-0.2, 0) is 9.53 Å². The number of aliphatic hydroxyl groups is 2. The van der Waals surface area contributed by atoms with Crippen molar-refractivity contribution < 1.29 is 29.3 Å². The van der Waals surface area contributed by atoms with E-state index in [-0.39, 0.29) is 18.4 Å². The van der Waals surface area contributed by atoms with Crippen LogP contribution >= 0.6 is 0 Å². The summed E-state index contributed by atoms with van der Waals surface area (Å²) in [5, 5.41) is 30.0. The normalized spacial score (nSPS) is 17.7. The predicted molar refractivity (Wildman–Crippen MR) is 147 cm³/mol.